The van der Waals surface area contributed by atoms with Crippen LogP contribution in [0.15, 0.2) is 16.7 Å². The topological polar surface area (TPSA) is 54.0 Å². The van der Waals surface area contributed by atoms with E-state index in [9.17, 15) is 4.79 Å². The van der Waals surface area contributed by atoms with E-state index in [1.807, 2.05) is 19.1 Å². The minimum atomic E-state index is -0.0427. The van der Waals surface area contributed by atoms with E-state index in [4.69, 9.17) is 0 Å². The molecular formula is C12H14BrN3O. The number of anilines is 1. The number of hydrogen-bond donors (Lipinski definition) is 2. The smallest absolute Gasteiger partial charge is 0.242 e. The summed E-state index contributed by atoms with van der Waals surface area (Å²) >= 11 is 3.31. The number of aryl methyl sites for hydroxylation is 1. The lowest BCUT2D eigenvalue weighted by molar-refractivity contribution is -0.118. The Morgan fingerprint density at radius 1 is 1.53 bits per heavy atom. The molecule has 1 saturated carbocycles. The third-order valence-electron chi connectivity index (χ3n) is 3.50. The van der Waals surface area contributed by atoms with Gasteiger partial charge in [0.15, 0.2) is 0 Å². The fraction of sp³-hybridized carbons (Fsp3) is 0.500. The lowest BCUT2D eigenvalue weighted by Crippen LogP contribution is -2.38. The van der Waals surface area contributed by atoms with Crippen LogP contribution in [0.5, 0.6) is 0 Å². The van der Waals surface area contributed by atoms with Crippen molar-refractivity contribution in [3.63, 3.8) is 0 Å². The highest BCUT2D eigenvalue weighted by Crippen LogP contribution is 2.40. The summed E-state index contributed by atoms with van der Waals surface area (Å²) < 4.78 is 0.737. The Morgan fingerprint density at radius 2 is 2.35 bits per heavy atom. The second-order valence-electron chi connectivity index (χ2n) is 4.85. The van der Waals surface area contributed by atoms with Crippen molar-refractivity contribution in [1.29, 1.82) is 0 Å². The molecule has 90 valence electrons. The van der Waals surface area contributed by atoms with Crippen LogP contribution in [0.25, 0.3) is 0 Å². The van der Waals surface area contributed by atoms with Crippen LogP contribution < -0.4 is 10.6 Å². The average molecular weight is 296 g/mol. The second kappa shape index (κ2) is 4.07. The number of nitrogens with zero attached hydrogens (tertiary/aromatic N) is 1. The molecule has 3 rings (SSSR count). The molecule has 3 atom stereocenters. The van der Waals surface area contributed by atoms with Gasteiger partial charge in [-0.05, 0) is 53.2 Å². The standard InChI is InChI=1S/C12H14BrN3O/c1-6-2-3-10(13)15-11(6)16-12(17)9-5-7-4-8(7)14-9/h2-3,7-9,14H,4-5H2,1H3,(H,15,16,17). The molecule has 1 aliphatic carbocycles. The first-order valence-corrected chi connectivity index (χ1v) is 6.63. The number of carbonyl (C=O) groups excluding carboxylic acids is 1. The average Bonchev–Trinajstić information content (AvgIpc) is 2.91. The molecule has 2 aliphatic rings. The molecule has 1 amide bonds. The van der Waals surface area contributed by atoms with Crippen LogP contribution in [0.4, 0.5) is 5.82 Å². The number of aromatic nitrogens is 1. The Hall–Kier alpha value is -0.940. The van der Waals surface area contributed by atoms with E-state index in [1.54, 1.807) is 0 Å². The van der Waals surface area contributed by atoms with Gasteiger partial charge in [0.25, 0.3) is 0 Å². The van der Waals surface area contributed by atoms with E-state index in [2.05, 4.69) is 31.5 Å². The molecule has 0 spiro atoms. The van der Waals surface area contributed by atoms with Crippen molar-refractivity contribution in [3.05, 3.63) is 22.3 Å². The van der Waals surface area contributed by atoms with E-state index in [0.29, 0.717) is 11.9 Å². The molecule has 0 bridgehead atoms. The SMILES string of the molecule is Cc1ccc(Br)nc1NC(=O)C1CC2CC2N1. The predicted octanol–water partition coefficient (Wildman–Crippen LogP) is 1.84. The largest absolute Gasteiger partial charge is 0.309 e. The first-order valence-electron chi connectivity index (χ1n) is 5.83. The van der Waals surface area contributed by atoms with Crippen LogP contribution >= 0.6 is 15.9 Å². The molecule has 4 nitrogen and oxygen atoms in total. The molecule has 1 aliphatic heterocycles. The van der Waals surface area contributed by atoms with E-state index >= 15 is 0 Å². The fourth-order valence-corrected chi connectivity index (χ4v) is 2.67. The summed E-state index contributed by atoms with van der Waals surface area (Å²) in [5.41, 5.74) is 0.977. The van der Waals surface area contributed by atoms with Gasteiger partial charge < -0.3 is 10.6 Å². The highest BCUT2D eigenvalue weighted by Gasteiger charge is 2.47. The van der Waals surface area contributed by atoms with Crippen molar-refractivity contribution >= 4 is 27.7 Å². The quantitative estimate of drug-likeness (QED) is 0.819. The van der Waals surface area contributed by atoms with Crippen LogP contribution in [0.1, 0.15) is 18.4 Å². The first kappa shape index (κ1) is 11.2. The first-order chi connectivity index (χ1) is 8.13. The molecule has 3 unspecified atom stereocenters. The van der Waals surface area contributed by atoms with E-state index < -0.39 is 0 Å². The maximum absolute atomic E-state index is 12.0. The third kappa shape index (κ3) is 2.21. The summed E-state index contributed by atoms with van der Waals surface area (Å²) in [6, 6.07) is 4.35. The molecular weight excluding hydrogens is 282 g/mol. The van der Waals surface area contributed by atoms with E-state index in [-0.39, 0.29) is 11.9 Å². The summed E-state index contributed by atoms with van der Waals surface area (Å²) in [6.45, 7) is 1.94. The van der Waals surface area contributed by atoms with Crippen LogP contribution in [-0.2, 0) is 4.79 Å². The number of rotatable bonds is 2. The minimum Gasteiger partial charge on any atom is -0.309 e. The number of halogens is 1. The lowest BCUT2D eigenvalue weighted by atomic mass is 10.1. The van der Waals surface area contributed by atoms with Crippen molar-refractivity contribution in [2.45, 2.75) is 31.8 Å². The number of nitrogens with one attached hydrogen (secondary N) is 2. The number of carbonyl (C=O) groups is 1. The van der Waals surface area contributed by atoms with Gasteiger partial charge in [-0.15, -0.1) is 0 Å². The van der Waals surface area contributed by atoms with Gasteiger partial charge in [0.1, 0.15) is 10.4 Å². The van der Waals surface area contributed by atoms with Gasteiger partial charge in [0.2, 0.25) is 5.91 Å². The van der Waals surface area contributed by atoms with Gasteiger partial charge in [-0.3, -0.25) is 4.79 Å². The lowest BCUT2D eigenvalue weighted by Gasteiger charge is -2.14. The van der Waals surface area contributed by atoms with E-state index in [0.717, 1.165) is 22.5 Å². The summed E-state index contributed by atoms with van der Waals surface area (Å²) in [6.07, 6.45) is 2.20. The van der Waals surface area contributed by atoms with Crippen LogP contribution in [0.3, 0.4) is 0 Å². The van der Waals surface area contributed by atoms with Crippen molar-refractivity contribution in [1.82, 2.24) is 10.3 Å². The van der Waals surface area contributed by atoms with Gasteiger partial charge >= 0.3 is 0 Å². The molecule has 2 N–H and O–H groups in total. The number of fused-ring (bicyclic) bond motifs is 1. The van der Waals surface area contributed by atoms with Gasteiger partial charge in [-0.2, -0.15) is 0 Å². The second-order valence-corrected chi connectivity index (χ2v) is 5.66. The zero-order chi connectivity index (χ0) is 12.0. The monoisotopic (exact) mass is 295 g/mol. The van der Waals surface area contributed by atoms with Crippen molar-refractivity contribution in [2.75, 3.05) is 5.32 Å². The normalized spacial score (nSPS) is 29.9. The molecule has 5 heteroatoms. The highest BCUT2D eigenvalue weighted by atomic mass is 79.9. The molecule has 1 aromatic rings. The molecule has 1 saturated heterocycles. The van der Waals surface area contributed by atoms with Crippen LogP contribution in [-0.4, -0.2) is 23.0 Å². The Labute approximate surface area is 108 Å². The predicted molar refractivity (Wildman–Crippen MR) is 68.7 cm³/mol. The summed E-state index contributed by atoms with van der Waals surface area (Å²) in [4.78, 5) is 16.3. The molecule has 1 aromatic heterocycles. The molecule has 17 heavy (non-hydrogen) atoms. The van der Waals surface area contributed by atoms with Crippen molar-refractivity contribution in [3.8, 4) is 0 Å². The van der Waals surface area contributed by atoms with Gasteiger partial charge in [0.05, 0.1) is 6.04 Å². The number of hydrogen-bond acceptors (Lipinski definition) is 3. The number of amides is 1. The summed E-state index contributed by atoms with van der Waals surface area (Å²) in [7, 11) is 0. The summed E-state index contributed by atoms with van der Waals surface area (Å²) in [5, 5.41) is 6.22. The molecule has 2 fully saturated rings. The van der Waals surface area contributed by atoms with E-state index in [1.165, 1.54) is 6.42 Å². The van der Waals surface area contributed by atoms with Crippen LogP contribution in [0.2, 0.25) is 0 Å². The maximum atomic E-state index is 12.0. The highest BCUT2D eigenvalue weighted by molar-refractivity contribution is 9.10. The maximum Gasteiger partial charge on any atom is 0.242 e. The Balaban J connectivity index is 1.69. The molecule has 0 radical (unpaired) electrons. The van der Waals surface area contributed by atoms with Crippen molar-refractivity contribution in [2.24, 2.45) is 5.92 Å². The fourth-order valence-electron chi connectivity index (χ4n) is 2.36. The Kier molecular flexibility index (Phi) is 2.67. The summed E-state index contributed by atoms with van der Waals surface area (Å²) in [5.74, 6) is 1.40. The van der Waals surface area contributed by atoms with Crippen LogP contribution in [0, 0.1) is 12.8 Å². The third-order valence-corrected chi connectivity index (χ3v) is 3.94. The number of piperidine rings is 1. The molecule has 0 aromatic carbocycles. The number of pyridine rings is 1. The van der Waals surface area contributed by atoms with Crippen molar-refractivity contribution < 1.29 is 4.79 Å². The minimum absolute atomic E-state index is 0.0332. The van der Waals surface area contributed by atoms with Gasteiger partial charge in [-0.1, -0.05) is 6.07 Å². The Bertz CT molecular complexity index is 467. The van der Waals surface area contributed by atoms with Gasteiger partial charge in [-0.25, -0.2) is 4.98 Å². The molecule has 2 heterocycles. The zero-order valence-electron chi connectivity index (χ0n) is 9.53. The zero-order valence-corrected chi connectivity index (χ0v) is 11.1. The Morgan fingerprint density at radius 3 is 3.06 bits per heavy atom. The van der Waals surface area contributed by atoms with Gasteiger partial charge in [0, 0.05) is 6.04 Å².